The maximum atomic E-state index is 12.2. The summed E-state index contributed by atoms with van der Waals surface area (Å²) in [5, 5.41) is 6.00. The van der Waals surface area contributed by atoms with Gasteiger partial charge in [-0.3, -0.25) is 9.59 Å². The van der Waals surface area contributed by atoms with Crippen LogP contribution in [0.25, 0.3) is 0 Å². The lowest BCUT2D eigenvalue weighted by Gasteiger charge is -2.25. The van der Waals surface area contributed by atoms with E-state index in [1.54, 1.807) is 4.90 Å². The zero-order valence-electron chi connectivity index (χ0n) is 13.1. The summed E-state index contributed by atoms with van der Waals surface area (Å²) in [4.78, 5) is 25.7. The van der Waals surface area contributed by atoms with E-state index < -0.39 is 0 Å². The van der Waals surface area contributed by atoms with Gasteiger partial charge < -0.3 is 15.5 Å². The van der Waals surface area contributed by atoms with Gasteiger partial charge in [0.1, 0.15) is 0 Å². The largest absolute Gasteiger partial charge is 0.352 e. The number of hydrogen-bond acceptors (Lipinski definition) is 3. The van der Waals surface area contributed by atoms with E-state index in [1.165, 1.54) is 0 Å². The Hall–Kier alpha value is -1.59. The summed E-state index contributed by atoms with van der Waals surface area (Å²) in [6.45, 7) is 7.41. The van der Waals surface area contributed by atoms with Gasteiger partial charge in [0.15, 0.2) is 0 Å². The maximum Gasteiger partial charge on any atom is 0.253 e. The Morgan fingerprint density at radius 2 is 1.77 bits per heavy atom. The second kappa shape index (κ2) is 8.76. The fourth-order valence-corrected chi connectivity index (χ4v) is 2.27. The fraction of sp³-hybridized carbons (Fsp3) is 0.500. The molecule has 2 rings (SSSR count). The van der Waals surface area contributed by atoms with Crippen molar-refractivity contribution in [1.82, 2.24) is 15.5 Å². The average Bonchev–Trinajstić information content (AvgIpc) is 2.45. The Balaban J connectivity index is 0.00000242. The number of amides is 2. The van der Waals surface area contributed by atoms with Gasteiger partial charge >= 0.3 is 0 Å². The number of hydrogen-bond donors (Lipinski definition) is 2. The van der Waals surface area contributed by atoms with Crippen LogP contribution in [-0.2, 0) is 11.3 Å². The minimum atomic E-state index is 0. The van der Waals surface area contributed by atoms with Crippen molar-refractivity contribution in [3.63, 3.8) is 0 Å². The molecule has 0 bridgehead atoms. The number of halogens is 1. The SMILES string of the molecule is CCN(CC)C(=O)c1ccc(CNC(=O)C2CNC2)cc1.Cl. The van der Waals surface area contributed by atoms with Crippen LogP contribution in [0.4, 0.5) is 0 Å². The van der Waals surface area contributed by atoms with Crippen LogP contribution in [0, 0.1) is 5.92 Å². The van der Waals surface area contributed by atoms with Gasteiger partial charge in [0.05, 0.1) is 5.92 Å². The Kier molecular flexibility index (Phi) is 7.35. The van der Waals surface area contributed by atoms with E-state index in [0.717, 1.165) is 18.7 Å². The molecular formula is C16H24ClN3O2. The first-order chi connectivity index (χ1) is 10.2. The van der Waals surface area contributed by atoms with Crippen molar-refractivity contribution in [1.29, 1.82) is 0 Å². The van der Waals surface area contributed by atoms with Crippen LogP contribution < -0.4 is 10.6 Å². The van der Waals surface area contributed by atoms with Crippen LogP contribution in [0.1, 0.15) is 29.8 Å². The van der Waals surface area contributed by atoms with Gasteiger partial charge in [-0.15, -0.1) is 12.4 Å². The molecule has 0 aromatic heterocycles. The Morgan fingerprint density at radius 1 is 1.18 bits per heavy atom. The van der Waals surface area contributed by atoms with Gasteiger partial charge in [-0.1, -0.05) is 12.1 Å². The predicted molar refractivity (Wildman–Crippen MR) is 89.1 cm³/mol. The molecule has 0 spiro atoms. The molecule has 122 valence electrons. The Labute approximate surface area is 137 Å². The summed E-state index contributed by atoms with van der Waals surface area (Å²) >= 11 is 0. The van der Waals surface area contributed by atoms with E-state index in [4.69, 9.17) is 0 Å². The van der Waals surface area contributed by atoms with Crippen LogP contribution in [-0.4, -0.2) is 42.9 Å². The van der Waals surface area contributed by atoms with Crippen molar-refractivity contribution < 1.29 is 9.59 Å². The van der Waals surface area contributed by atoms with Crippen molar-refractivity contribution in [3.05, 3.63) is 35.4 Å². The summed E-state index contributed by atoms with van der Waals surface area (Å²) < 4.78 is 0. The van der Waals surface area contributed by atoms with Gasteiger partial charge in [-0.25, -0.2) is 0 Å². The van der Waals surface area contributed by atoms with E-state index in [0.29, 0.717) is 25.2 Å². The highest BCUT2D eigenvalue weighted by Gasteiger charge is 2.24. The van der Waals surface area contributed by atoms with E-state index >= 15 is 0 Å². The van der Waals surface area contributed by atoms with E-state index in [2.05, 4.69) is 10.6 Å². The van der Waals surface area contributed by atoms with Gasteiger partial charge in [0, 0.05) is 38.3 Å². The van der Waals surface area contributed by atoms with E-state index in [9.17, 15) is 9.59 Å². The standard InChI is InChI=1S/C16H23N3O2.ClH/c1-3-19(4-2)16(21)13-7-5-12(6-8-13)9-18-15(20)14-10-17-11-14;/h5-8,14,17H,3-4,9-11H2,1-2H3,(H,18,20);1H. The third-order valence-electron chi connectivity index (χ3n) is 3.87. The molecule has 0 atom stereocenters. The van der Waals surface area contributed by atoms with Gasteiger partial charge in [-0.05, 0) is 31.5 Å². The molecule has 1 heterocycles. The molecule has 0 aliphatic carbocycles. The monoisotopic (exact) mass is 325 g/mol. The Bertz CT molecular complexity index is 497. The third kappa shape index (κ3) is 4.45. The lowest BCUT2D eigenvalue weighted by molar-refractivity contribution is -0.126. The van der Waals surface area contributed by atoms with Gasteiger partial charge in [0.2, 0.25) is 5.91 Å². The first kappa shape index (κ1) is 18.5. The number of nitrogens with one attached hydrogen (secondary N) is 2. The van der Waals surface area contributed by atoms with Crippen LogP contribution >= 0.6 is 12.4 Å². The molecule has 1 aliphatic rings. The summed E-state index contributed by atoms with van der Waals surface area (Å²) in [5.41, 5.74) is 1.70. The van der Waals surface area contributed by atoms with Crippen molar-refractivity contribution >= 4 is 24.2 Å². The Morgan fingerprint density at radius 3 is 2.23 bits per heavy atom. The molecule has 0 radical (unpaired) electrons. The summed E-state index contributed by atoms with van der Waals surface area (Å²) in [6.07, 6.45) is 0. The van der Waals surface area contributed by atoms with Crippen molar-refractivity contribution in [2.24, 2.45) is 5.92 Å². The highest BCUT2D eigenvalue weighted by Crippen LogP contribution is 2.09. The van der Waals surface area contributed by atoms with Crippen LogP contribution in [0.15, 0.2) is 24.3 Å². The lowest BCUT2D eigenvalue weighted by Crippen LogP contribution is -2.50. The molecule has 22 heavy (non-hydrogen) atoms. The smallest absolute Gasteiger partial charge is 0.253 e. The van der Waals surface area contributed by atoms with Crippen LogP contribution in [0.5, 0.6) is 0 Å². The second-order valence-electron chi connectivity index (χ2n) is 5.25. The maximum absolute atomic E-state index is 12.2. The summed E-state index contributed by atoms with van der Waals surface area (Å²) in [6, 6.07) is 7.45. The zero-order valence-corrected chi connectivity index (χ0v) is 13.9. The number of benzene rings is 1. The molecule has 6 heteroatoms. The fourth-order valence-electron chi connectivity index (χ4n) is 2.27. The van der Waals surface area contributed by atoms with Crippen LogP contribution in [0.2, 0.25) is 0 Å². The molecule has 2 N–H and O–H groups in total. The second-order valence-corrected chi connectivity index (χ2v) is 5.25. The predicted octanol–water partition coefficient (Wildman–Crippen LogP) is 1.43. The van der Waals surface area contributed by atoms with Crippen molar-refractivity contribution in [3.8, 4) is 0 Å². The average molecular weight is 326 g/mol. The molecule has 2 amide bonds. The number of nitrogens with zero attached hydrogens (tertiary/aromatic N) is 1. The molecular weight excluding hydrogens is 302 g/mol. The molecule has 1 aliphatic heterocycles. The summed E-state index contributed by atoms with van der Waals surface area (Å²) in [7, 11) is 0. The number of carbonyl (C=O) groups is 2. The number of carbonyl (C=O) groups excluding carboxylic acids is 2. The van der Waals surface area contributed by atoms with E-state index in [-0.39, 0.29) is 30.1 Å². The zero-order chi connectivity index (χ0) is 15.2. The van der Waals surface area contributed by atoms with Crippen LogP contribution in [0.3, 0.4) is 0 Å². The van der Waals surface area contributed by atoms with Gasteiger partial charge in [-0.2, -0.15) is 0 Å². The molecule has 0 unspecified atom stereocenters. The molecule has 1 aromatic rings. The van der Waals surface area contributed by atoms with Crippen molar-refractivity contribution in [2.45, 2.75) is 20.4 Å². The first-order valence-electron chi connectivity index (χ1n) is 7.52. The lowest BCUT2D eigenvalue weighted by atomic mass is 10.0. The minimum absolute atomic E-state index is 0. The molecule has 1 fully saturated rings. The van der Waals surface area contributed by atoms with E-state index in [1.807, 2.05) is 38.1 Å². The molecule has 1 aromatic carbocycles. The molecule has 5 nitrogen and oxygen atoms in total. The highest BCUT2D eigenvalue weighted by molar-refractivity contribution is 5.94. The number of rotatable bonds is 6. The third-order valence-corrected chi connectivity index (χ3v) is 3.87. The normalized spacial score (nSPS) is 13.7. The first-order valence-corrected chi connectivity index (χ1v) is 7.52. The van der Waals surface area contributed by atoms with Gasteiger partial charge in [0.25, 0.3) is 5.91 Å². The molecule has 0 saturated carbocycles. The summed E-state index contributed by atoms with van der Waals surface area (Å²) in [5.74, 6) is 0.252. The topological polar surface area (TPSA) is 61.4 Å². The molecule has 1 saturated heterocycles. The highest BCUT2D eigenvalue weighted by atomic mass is 35.5. The van der Waals surface area contributed by atoms with Crippen molar-refractivity contribution in [2.75, 3.05) is 26.2 Å². The minimum Gasteiger partial charge on any atom is -0.352 e. The quantitative estimate of drug-likeness (QED) is 0.831.